The number of non-ortho nitro benzene ring substituents is 1. The molecular formula is C10H10N8O4. The van der Waals surface area contributed by atoms with Crippen molar-refractivity contribution in [3.05, 3.63) is 33.9 Å². The highest BCUT2D eigenvalue weighted by molar-refractivity contribution is 5.86. The molecule has 0 aliphatic rings. The second-order valence-electron chi connectivity index (χ2n) is 3.99. The van der Waals surface area contributed by atoms with Crippen LogP contribution in [0, 0.1) is 10.1 Å². The van der Waals surface area contributed by atoms with Gasteiger partial charge in [-0.15, -0.1) is 0 Å². The highest BCUT2D eigenvalue weighted by Gasteiger charge is 2.09. The fourth-order valence-corrected chi connectivity index (χ4v) is 1.43. The SMILES string of the molecule is Nc1nnnn1CC(=O)N/N=C/c1cc([N+](=O)[O-])ccc1O. The molecule has 2 aromatic rings. The molecule has 0 radical (unpaired) electrons. The number of amides is 1. The number of anilines is 1. The van der Waals surface area contributed by atoms with Gasteiger partial charge >= 0.3 is 0 Å². The van der Waals surface area contributed by atoms with Gasteiger partial charge in [0.15, 0.2) is 0 Å². The van der Waals surface area contributed by atoms with Gasteiger partial charge in [-0.25, -0.2) is 10.1 Å². The normalized spacial score (nSPS) is 10.7. The van der Waals surface area contributed by atoms with Crippen LogP contribution in [-0.2, 0) is 11.3 Å². The summed E-state index contributed by atoms with van der Waals surface area (Å²) in [6.45, 7) is -0.253. The van der Waals surface area contributed by atoms with Gasteiger partial charge in [0.1, 0.15) is 12.3 Å². The lowest BCUT2D eigenvalue weighted by molar-refractivity contribution is -0.384. The number of hydrogen-bond acceptors (Lipinski definition) is 9. The van der Waals surface area contributed by atoms with Gasteiger partial charge in [-0.3, -0.25) is 14.9 Å². The highest BCUT2D eigenvalue weighted by atomic mass is 16.6. The molecule has 2 rings (SSSR count). The van der Waals surface area contributed by atoms with Crippen molar-refractivity contribution in [1.82, 2.24) is 25.6 Å². The zero-order chi connectivity index (χ0) is 16.1. The van der Waals surface area contributed by atoms with Crippen molar-refractivity contribution in [2.75, 3.05) is 5.73 Å². The standard InChI is InChI=1S/C10H10N8O4/c11-10-14-15-16-17(10)5-9(20)13-12-4-6-3-7(18(21)22)1-2-8(6)19/h1-4,19H,5H2,(H,13,20)(H2,11,14,16)/b12-4+. The summed E-state index contributed by atoms with van der Waals surface area (Å²) in [6, 6.07) is 3.42. The molecule has 0 bridgehead atoms. The van der Waals surface area contributed by atoms with Crippen molar-refractivity contribution in [2.24, 2.45) is 5.10 Å². The topological polar surface area (TPSA) is 174 Å². The second-order valence-corrected chi connectivity index (χ2v) is 3.99. The van der Waals surface area contributed by atoms with Crippen LogP contribution in [0.1, 0.15) is 5.56 Å². The number of tetrazole rings is 1. The third-order valence-electron chi connectivity index (χ3n) is 2.47. The molecule has 114 valence electrons. The molecule has 0 unspecified atom stereocenters. The van der Waals surface area contributed by atoms with E-state index in [1.165, 1.54) is 0 Å². The maximum Gasteiger partial charge on any atom is 0.270 e. The molecule has 1 aromatic carbocycles. The first kappa shape index (κ1) is 14.8. The number of nitro groups is 1. The fourth-order valence-electron chi connectivity index (χ4n) is 1.43. The molecule has 12 heteroatoms. The molecule has 0 fully saturated rings. The van der Waals surface area contributed by atoms with Gasteiger partial charge in [0.2, 0.25) is 5.95 Å². The van der Waals surface area contributed by atoms with E-state index in [1.54, 1.807) is 0 Å². The number of hydrogen-bond donors (Lipinski definition) is 3. The average molecular weight is 306 g/mol. The number of carbonyl (C=O) groups is 1. The Balaban J connectivity index is 2.00. The first-order valence-electron chi connectivity index (χ1n) is 5.78. The summed E-state index contributed by atoms with van der Waals surface area (Å²) in [5, 5.41) is 33.9. The lowest BCUT2D eigenvalue weighted by Crippen LogP contribution is -2.24. The minimum Gasteiger partial charge on any atom is -0.507 e. The lowest BCUT2D eigenvalue weighted by Gasteiger charge is -2.01. The van der Waals surface area contributed by atoms with Gasteiger partial charge in [-0.2, -0.15) is 5.10 Å². The van der Waals surface area contributed by atoms with Gasteiger partial charge in [0, 0.05) is 17.7 Å². The summed E-state index contributed by atoms with van der Waals surface area (Å²) in [5.74, 6) is -0.816. The summed E-state index contributed by atoms with van der Waals surface area (Å²) < 4.78 is 1.05. The van der Waals surface area contributed by atoms with E-state index < -0.39 is 10.8 Å². The Hall–Kier alpha value is -3.57. The zero-order valence-electron chi connectivity index (χ0n) is 10.9. The molecule has 22 heavy (non-hydrogen) atoms. The van der Waals surface area contributed by atoms with Gasteiger partial charge < -0.3 is 10.8 Å². The number of nitrogens with one attached hydrogen (secondary N) is 1. The number of nitrogens with zero attached hydrogens (tertiary/aromatic N) is 6. The van der Waals surface area contributed by atoms with Crippen molar-refractivity contribution in [3.63, 3.8) is 0 Å². The van der Waals surface area contributed by atoms with Crippen LogP contribution in [0.3, 0.4) is 0 Å². The minimum atomic E-state index is -0.615. The number of nitrogen functional groups attached to an aromatic ring is 1. The summed E-state index contributed by atoms with van der Waals surface area (Å²) >= 11 is 0. The number of carbonyl (C=O) groups excluding carboxylic acids is 1. The van der Waals surface area contributed by atoms with E-state index in [0.717, 1.165) is 29.1 Å². The molecule has 4 N–H and O–H groups in total. The summed E-state index contributed by atoms with van der Waals surface area (Å²) in [5.41, 5.74) is 7.40. The Labute approximate surface area is 122 Å². The second kappa shape index (κ2) is 6.25. The molecule has 1 aromatic heterocycles. The van der Waals surface area contributed by atoms with E-state index in [1.807, 2.05) is 0 Å². The Morgan fingerprint density at radius 1 is 1.59 bits per heavy atom. The molecule has 0 saturated heterocycles. The lowest BCUT2D eigenvalue weighted by atomic mass is 10.2. The molecule has 1 heterocycles. The van der Waals surface area contributed by atoms with E-state index in [-0.39, 0.29) is 29.5 Å². The number of nitrogens with two attached hydrogens (primary N) is 1. The monoisotopic (exact) mass is 306 g/mol. The number of aromatic nitrogens is 4. The number of rotatable bonds is 5. The third-order valence-corrected chi connectivity index (χ3v) is 2.47. The first-order chi connectivity index (χ1) is 10.5. The predicted molar refractivity (Wildman–Crippen MR) is 72.7 cm³/mol. The fraction of sp³-hybridized carbons (Fsp3) is 0.100. The van der Waals surface area contributed by atoms with E-state index in [4.69, 9.17) is 5.73 Å². The van der Waals surface area contributed by atoms with Crippen LogP contribution in [-0.4, -0.2) is 42.4 Å². The number of benzene rings is 1. The third kappa shape index (κ3) is 3.50. The quantitative estimate of drug-likeness (QED) is 0.358. The Morgan fingerprint density at radius 2 is 2.36 bits per heavy atom. The maximum absolute atomic E-state index is 11.5. The predicted octanol–water partition coefficient (Wildman–Crippen LogP) is -0.981. The molecule has 0 saturated carbocycles. The molecular weight excluding hydrogens is 296 g/mol. The maximum atomic E-state index is 11.5. The Morgan fingerprint density at radius 3 is 3.00 bits per heavy atom. The summed E-state index contributed by atoms with van der Waals surface area (Å²) in [4.78, 5) is 21.6. The zero-order valence-corrected chi connectivity index (χ0v) is 10.9. The molecule has 0 aliphatic carbocycles. The van der Waals surface area contributed by atoms with Gasteiger partial charge in [-0.05, 0) is 16.5 Å². The van der Waals surface area contributed by atoms with Crippen LogP contribution in [0.2, 0.25) is 0 Å². The van der Waals surface area contributed by atoms with E-state index in [0.29, 0.717) is 0 Å². The molecule has 0 spiro atoms. The van der Waals surface area contributed by atoms with E-state index >= 15 is 0 Å². The van der Waals surface area contributed by atoms with Crippen molar-refractivity contribution >= 4 is 23.8 Å². The summed E-state index contributed by atoms with van der Waals surface area (Å²) in [6.07, 6.45) is 1.07. The number of phenolic OH excluding ortho intramolecular Hbond substituents is 1. The molecule has 0 atom stereocenters. The van der Waals surface area contributed by atoms with E-state index in [9.17, 15) is 20.0 Å². The largest absolute Gasteiger partial charge is 0.507 e. The van der Waals surface area contributed by atoms with Gasteiger partial charge in [-0.1, -0.05) is 5.10 Å². The Kier molecular flexibility index (Phi) is 4.22. The first-order valence-corrected chi connectivity index (χ1v) is 5.78. The average Bonchev–Trinajstić information content (AvgIpc) is 2.86. The molecule has 1 amide bonds. The smallest absolute Gasteiger partial charge is 0.270 e. The van der Waals surface area contributed by atoms with Crippen LogP contribution in [0.5, 0.6) is 5.75 Å². The van der Waals surface area contributed by atoms with Crippen LogP contribution < -0.4 is 11.2 Å². The van der Waals surface area contributed by atoms with Gasteiger partial charge in [0.05, 0.1) is 11.1 Å². The number of aromatic hydroxyl groups is 1. The molecule has 0 aliphatic heterocycles. The van der Waals surface area contributed by atoms with Gasteiger partial charge in [0.25, 0.3) is 11.6 Å². The van der Waals surface area contributed by atoms with Crippen LogP contribution in [0.25, 0.3) is 0 Å². The highest BCUT2D eigenvalue weighted by Crippen LogP contribution is 2.21. The van der Waals surface area contributed by atoms with Crippen LogP contribution in [0.4, 0.5) is 11.6 Å². The van der Waals surface area contributed by atoms with Crippen molar-refractivity contribution in [2.45, 2.75) is 6.54 Å². The van der Waals surface area contributed by atoms with Crippen LogP contribution in [0.15, 0.2) is 23.3 Å². The van der Waals surface area contributed by atoms with Crippen LogP contribution >= 0.6 is 0 Å². The summed E-state index contributed by atoms with van der Waals surface area (Å²) in [7, 11) is 0. The minimum absolute atomic E-state index is 0.0320. The van der Waals surface area contributed by atoms with Crippen molar-refractivity contribution in [1.29, 1.82) is 0 Å². The van der Waals surface area contributed by atoms with E-state index in [2.05, 4.69) is 26.1 Å². The number of hydrazone groups is 1. The molecule has 12 nitrogen and oxygen atoms in total. The number of phenols is 1. The number of nitro benzene ring substituents is 1. The van der Waals surface area contributed by atoms with Crippen molar-refractivity contribution in [3.8, 4) is 5.75 Å². The Bertz CT molecular complexity index is 740. The van der Waals surface area contributed by atoms with Crippen molar-refractivity contribution < 1.29 is 14.8 Å².